The van der Waals surface area contributed by atoms with Crippen LogP contribution in [0.1, 0.15) is 11.5 Å². The van der Waals surface area contributed by atoms with E-state index in [0.717, 1.165) is 5.69 Å². The van der Waals surface area contributed by atoms with Gasteiger partial charge in [-0.3, -0.25) is 0 Å². The highest BCUT2D eigenvalue weighted by Crippen LogP contribution is 2.59. The number of nitrogens with zero attached hydrogens (tertiary/aromatic N) is 1. The van der Waals surface area contributed by atoms with Gasteiger partial charge in [-0.2, -0.15) is 0 Å². The molecule has 0 amide bonds. The van der Waals surface area contributed by atoms with Gasteiger partial charge in [0.15, 0.2) is 5.78 Å². The zero-order chi connectivity index (χ0) is 21.5. The van der Waals surface area contributed by atoms with Crippen molar-refractivity contribution in [3.05, 3.63) is 119 Å². The number of anilines is 1. The quantitative estimate of drug-likeness (QED) is 0.205. The van der Waals surface area contributed by atoms with Crippen LogP contribution in [0.5, 0.6) is 11.5 Å². The van der Waals surface area contributed by atoms with Crippen LogP contribution < -0.4 is 14.4 Å². The molecular formula is C24H20BrN2O3P. The van der Waals surface area contributed by atoms with Crippen molar-refractivity contribution in [2.75, 3.05) is 5.32 Å². The average Bonchev–Trinajstić information content (AvgIpc) is 2.79. The first-order chi connectivity index (χ1) is 15.1. The Kier molecular flexibility index (Phi) is 6.70. The van der Waals surface area contributed by atoms with Crippen LogP contribution in [0.4, 0.5) is 5.69 Å². The van der Waals surface area contributed by atoms with Crippen LogP contribution in [0.2, 0.25) is 0 Å². The standard InChI is InChI=1S/C24H20BrN2O3P/c25-23-18-10-17-22(27-23)24(26-19-11-4-1-5-12-19)31(28,29-20-13-6-2-7-14-20)30-21-15-8-3-9-16-21/h1-18,24,26H. The van der Waals surface area contributed by atoms with Crippen LogP contribution in [0.3, 0.4) is 0 Å². The molecule has 1 heterocycles. The van der Waals surface area contributed by atoms with Gasteiger partial charge in [-0.1, -0.05) is 60.7 Å². The Morgan fingerprint density at radius 1 is 0.710 bits per heavy atom. The molecule has 1 N–H and O–H groups in total. The number of rotatable bonds is 8. The fourth-order valence-corrected chi connectivity index (χ4v) is 5.18. The minimum atomic E-state index is -3.87. The smallest absolute Gasteiger partial charge is 0.414 e. The number of aromatic nitrogens is 1. The van der Waals surface area contributed by atoms with Gasteiger partial charge in [-0.25, -0.2) is 9.55 Å². The van der Waals surface area contributed by atoms with E-state index in [4.69, 9.17) is 9.05 Å². The molecule has 0 aliphatic heterocycles. The lowest BCUT2D eigenvalue weighted by molar-refractivity contribution is 0.375. The highest BCUT2D eigenvalue weighted by Gasteiger charge is 2.42. The minimum absolute atomic E-state index is 0.441. The van der Waals surface area contributed by atoms with E-state index in [9.17, 15) is 4.57 Å². The first-order valence-electron chi connectivity index (χ1n) is 9.65. The molecule has 0 saturated heterocycles. The van der Waals surface area contributed by atoms with Gasteiger partial charge in [0.1, 0.15) is 16.1 Å². The molecule has 7 heteroatoms. The summed E-state index contributed by atoms with van der Waals surface area (Å²) < 4.78 is 27.1. The third-order valence-electron chi connectivity index (χ3n) is 4.36. The summed E-state index contributed by atoms with van der Waals surface area (Å²) in [5.41, 5.74) is 1.29. The summed E-state index contributed by atoms with van der Waals surface area (Å²) in [4.78, 5) is 4.54. The molecule has 0 aliphatic rings. The topological polar surface area (TPSA) is 60.5 Å². The van der Waals surface area contributed by atoms with Crippen molar-refractivity contribution in [1.29, 1.82) is 0 Å². The third kappa shape index (κ3) is 5.54. The molecule has 1 unspecified atom stereocenters. The van der Waals surface area contributed by atoms with Gasteiger partial charge in [0.2, 0.25) is 0 Å². The molecule has 0 radical (unpaired) electrons. The predicted molar refractivity (Wildman–Crippen MR) is 126 cm³/mol. The number of para-hydroxylation sites is 3. The fourth-order valence-electron chi connectivity index (χ4n) is 2.96. The van der Waals surface area contributed by atoms with Crippen LogP contribution in [0, 0.1) is 0 Å². The van der Waals surface area contributed by atoms with Gasteiger partial charge >= 0.3 is 7.60 Å². The number of hydrogen-bond acceptors (Lipinski definition) is 5. The molecule has 1 atom stereocenters. The monoisotopic (exact) mass is 494 g/mol. The molecule has 0 fully saturated rings. The molecule has 31 heavy (non-hydrogen) atoms. The largest absolute Gasteiger partial charge is 0.459 e. The molecule has 0 bridgehead atoms. The van der Waals surface area contributed by atoms with Crippen molar-refractivity contribution in [3.63, 3.8) is 0 Å². The summed E-state index contributed by atoms with van der Waals surface area (Å²) in [6.45, 7) is 0. The van der Waals surface area contributed by atoms with Gasteiger partial charge < -0.3 is 14.4 Å². The lowest BCUT2D eigenvalue weighted by atomic mass is 10.3. The Balaban J connectivity index is 1.80. The summed E-state index contributed by atoms with van der Waals surface area (Å²) >= 11 is 3.41. The van der Waals surface area contributed by atoms with E-state index < -0.39 is 13.4 Å². The Labute approximate surface area is 189 Å². The van der Waals surface area contributed by atoms with E-state index in [2.05, 4.69) is 26.2 Å². The number of halogens is 1. The van der Waals surface area contributed by atoms with E-state index in [1.54, 1.807) is 30.3 Å². The van der Waals surface area contributed by atoms with E-state index in [1.165, 1.54) is 0 Å². The fraction of sp³-hybridized carbons (Fsp3) is 0.0417. The molecule has 0 aliphatic carbocycles. The predicted octanol–water partition coefficient (Wildman–Crippen LogP) is 7.31. The second-order valence-corrected chi connectivity index (χ2v) is 9.42. The number of benzene rings is 3. The van der Waals surface area contributed by atoms with Crippen molar-refractivity contribution < 1.29 is 13.6 Å². The molecule has 0 spiro atoms. The second-order valence-electron chi connectivity index (χ2n) is 6.65. The van der Waals surface area contributed by atoms with Crippen LogP contribution in [-0.2, 0) is 4.57 Å². The summed E-state index contributed by atoms with van der Waals surface area (Å²) in [7, 11) is -3.87. The number of hydrogen-bond donors (Lipinski definition) is 1. The zero-order valence-electron chi connectivity index (χ0n) is 16.5. The maximum atomic E-state index is 14.4. The Morgan fingerprint density at radius 3 is 1.74 bits per heavy atom. The van der Waals surface area contributed by atoms with Crippen molar-refractivity contribution in [2.45, 2.75) is 5.78 Å². The van der Waals surface area contributed by atoms with E-state index in [-0.39, 0.29) is 0 Å². The molecule has 1 aromatic heterocycles. The van der Waals surface area contributed by atoms with Crippen molar-refractivity contribution >= 4 is 29.2 Å². The molecule has 0 saturated carbocycles. The maximum absolute atomic E-state index is 14.4. The maximum Gasteiger partial charge on any atom is 0.459 e. The molecule has 4 aromatic rings. The van der Waals surface area contributed by atoms with Crippen molar-refractivity contribution in [1.82, 2.24) is 4.98 Å². The molecule has 3 aromatic carbocycles. The molecule has 5 nitrogen and oxygen atoms in total. The van der Waals surface area contributed by atoms with E-state index in [1.807, 2.05) is 78.9 Å². The Hall–Kier alpha value is -3.08. The molecule has 156 valence electrons. The van der Waals surface area contributed by atoms with Crippen LogP contribution in [-0.4, -0.2) is 4.98 Å². The van der Waals surface area contributed by atoms with Gasteiger partial charge in [0.25, 0.3) is 0 Å². The second kappa shape index (κ2) is 9.82. The minimum Gasteiger partial charge on any atom is -0.414 e. The van der Waals surface area contributed by atoms with Gasteiger partial charge in [-0.15, -0.1) is 0 Å². The molecular weight excluding hydrogens is 475 g/mol. The third-order valence-corrected chi connectivity index (χ3v) is 6.76. The highest BCUT2D eigenvalue weighted by atomic mass is 79.9. The number of nitrogens with one attached hydrogen (secondary N) is 1. The average molecular weight is 495 g/mol. The van der Waals surface area contributed by atoms with Crippen LogP contribution in [0.25, 0.3) is 0 Å². The highest BCUT2D eigenvalue weighted by molar-refractivity contribution is 9.10. The summed E-state index contributed by atoms with van der Waals surface area (Å²) in [6, 6.07) is 32.9. The van der Waals surface area contributed by atoms with E-state index >= 15 is 0 Å². The first kappa shape index (κ1) is 21.2. The summed E-state index contributed by atoms with van der Waals surface area (Å²) in [5, 5.41) is 3.31. The SMILES string of the molecule is O=P(Oc1ccccc1)(Oc1ccccc1)C(Nc1ccccc1)c1cccc(Br)n1. The van der Waals surface area contributed by atoms with Gasteiger partial charge in [0, 0.05) is 5.69 Å². The molecule has 4 rings (SSSR count). The van der Waals surface area contributed by atoms with E-state index in [0.29, 0.717) is 21.8 Å². The van der Waals surface area contributed by atoms with Crippen molar-refractivity contribution in [3.8, 4) is 11.5 Å². The summed E-state index contributed by atoms with van der Waals surface area (Å²) in [5.74, 6) is 0.0149. The first-order valence-corrected chi connectivity index (χ1v) is 12.1. The van der Waals surface area contributed by atoms with Crippen LogP contribution in [0.15, 0.2) is 114 Å². The van der Waals surface area contributed by atoms with Gasteiger partial charge in [0.05, 0.1) is 5.69 Å². The lowest BCUT2D eigenvalue weighted by Gasteiger charge is -2.28. The lowest BCUT2D eigenvalue weighted by Crippen LogP contribution is -2.19. The number of pyridine rings is 1. The van der Waals surface area contributed by atoms with Crippen molar-refractivity contribution in [2.24, 2.45) is 0 Å². The van der Waals surface area contributed by atoms with Gasteiger partial charge in [-0.05, 0) is 64.5 Å². The summed E-state index contributed by atoms with van der Waals surface area (Å²) in [6.07, 6.45) is 0. The van der Waals surface area contributed by atoms with Crippen LogP contribution >= 0.6 is 23.5 Å². The normalized spacial score (nSPS) is 12.0. The Morgan fingerprint density at radius 2 is 1.23 bits per heavy atom. The zero-order valence-corrected chi connectivity index (χ0v) is 18.9. The Bertz CT molecular complexity index is 1120.